The molecule has 1 aliphatic heterocycles. The Bertz CT molecular complexity index is 1230. The van der Waals surface area contributed by atoms with Crippen molar-refractivity contribution < 1.29 is 9.59 Å². The Labute approximate surface area is 207 Å². The molecule has 0 saturated carbocycles. The topological polar surface area (TPSA) is 73.5 Å². The standard InChI is InChI=1S/C26H26ClN3O3S/c1-2-3-22-26(33)29(14-15-30(22)25(32)13-10-21-9-11-23(27)34-21)17-18-4-6-19(7-5-18)20-8-12-24(31)28-16-20/h4-13,16,22H,2-3,14-15,17H2,1H3,(H,28,31)/b13-10+. The van der Waals surface area contributed by atoms with E-state index in [-0.39, 0.29) is 17.4 Å². The minimum absolute atomic E-state index is 0.0151. The third kappa shape index (κ3) is 5.66. The molecular weight excluding hydrogens is 470 g/mol. The molecule has 1 aliphatic rings. The molecule has 1 unspecified atom stereocenters. The van der Waals surface area contributed by atoms with Crippen LogP contribution in [0.1, 0.15) is 30.2 Å². The van der Waals surface area contributed by atoms with Gasteiger partial charge < -0.3 is 14.8 Å². The van der Waals surface area contributed by atoms with Crippen molar-refractivity contribution in [3.8, 4) is 11.1 Å². The Morgan fingerprint density at radius 1 is 1.09 bits per heavy atom. The van der Waals surface area contributed by atoms with Crippen LogP contribution in [-0.2, 0) is 16.1 Å². The SMILES string of the molecule is CCCC1C(=O)N(Cc2ccc(-c3ccc(=O)[nH]c3)cc2)CCN1C(=O)/C=C/c1ccc(Cl)s1. The van der Waals surface area contributed by atoms with Crippen molar-refractivity contribution in [1.82, 2.24) is 14.8 Å². The van der Waals surface area contributed by atoms with Crippen LogP contribution in [0.5, 0.6) is 0 Å². The zero-order chi connectivity index (χ0) is 24.1. The van der Waals surface area contributed by atoms with Crippen LogP contribution in [0.25, 0.3) is 17.2 Å². The van der Waals surface area contributed by atoms with Crippen LogP contribution >= 0.6 is 22.9 Å². The first-order valence-electron chi connectivity index (χ1n) is 11.3. The van der Waals surface area contributed by atoms with E-state index in [0.717, 1.165) is 28.0 Å². The monoisotopic (exact) mass is 495 g/mol. The number of rotatable bonds is 7. The number of halogens is 1. The third-order valence-electron chi connectivity index (χ3n) is 5.86. The molecule has 8 heteroatoms. The smallest absolute Gasteiger partial charge is 0.247 e. The summed E-state index contributed by atoms with van der Waals surface area (Å²) >= 11 is 7.37. The van der Waals surface area contributed by atoms with E-state index in [9.17, 15) is 14.4 Å². The molecule has 1 fully saturated rings. The zero-order valence-corrected chi connectivity index (χ0v) is 20.4. The molecule has 176 valence electrons. The van der Waals surface area contributed by atoms with Gasteiger partial charge in [0.05, 0.1) is 4.34 Å². The summed E-state index contributed by atoms with van der Waals surface area (Å²) < 4.78 is 0.673. The van der Waals surface area contributed by atoms with Gasteiger partial charge >= 0.3 is 0 Å². The van der Waals surface area contributed by atoms with Gasteiger partial charge in [0.1, 0.15) is 6.04 Å². The summed E-state index contributed by atoms with van der Waals surface area (Å²) in [5.41, 5.74) is 2.80. The lowest BCUT2D eigenvalue weighted by Crippen LogP contribution is -2.58. The Hall–Kier alpha value is -3.16. The molecule has 1 atom stereocenters. The van der Waals surface area contributed by atoms with Crippen LogP contribution in [0, 0.1) is 0 Å². The predicted molar refractivity (Wildman–Crippen MR) is 137 cm³/mol. The maximum atomic E-state index is 13.3. The first kappa shape index (κ1) is 24.0. The number of aromatic amines is 1. The summed E-state index contributed by atoms with van der Waals surface area (Å²) in [4.78, 5) is 44.6. The summed E-state index contributed by atoms with van der Waals surface area (Å²) in [6, 6.07) is 14.5. The average Bonchev–Trinajstić information content (AvgIpc) is 3.26. The van der Waals surface area contributed by atoms with Crippen LogP contribution in [0.2, 0.25) is 4.34 Å². The second kappa shape index (κ2) is 10.8. The normalized spacial score (nSPS) is 16.4. The quantitative estimate of drug-likeness (QED) is 0.478. The van der Waals surface area contributed by atoms with Crippen molar-refractivity contribution in [2.24, 2.45) is 0 Å². The molecule has 0 radical (unpaired) electrons. The van der Waals surface area contributed by atoms with Crippen molar-refractivity contribution in [3.63, 3.8) is 0 Å². The molecule has 3 heterocycles. The van der Waals surface area contributed by atoms with E-state index < -0.39 is 6.04 Å². The summed E-state index contributed by atoms with van der Waals surface area (Å²) in [6.45, 7) is 3.51. The Morgan fingerprint density at radius 3 is 2.50 bits per heavy atom. The molecule has 2 amide bonds. The Morgan fingerprint density at radius 2 is 1.85 bits per heavy atom. The molecule has 1 saturated heterocycles. The number of aromatic nitrogens is 1. The van der Waals surface area contributed by atoms with Crippen LogP contribution in [0.3, 0.4) is 0 Å². The van der Waals surface area contributed by atoms with Crippen LogP contribution in [-0.4, -0.2) is 45.7 Å². The zero-order valence-electron chi connectivity index (χ0n) is 18.9. The van der Waals surface area contributed by atoms with E-state index in [1.54, 1.807) is 29.3 Å². The van der Waals surface area contributed by atoms with Gasteiger partial charge in [-0.1, -0.05) is 49.2 Å². The number of piperazine rings is 1. The number of benzene rings is 1. The molecule has 0 aliphatic carbocycles. The van der Waals surface area contributed by atoms with Crippen molar-refractivity contribution in [3.05, 3.63) is 85.9 Å². The Balaban J connectivity index is 1.43. The number of amides is 2. The van der Waals surface area contributed by atoms with Gasteiger partial charge in [0.15, 0.2) is 0 Å². The lowest BCUT2D eigenvalue weighted by atomic mass is 10.0. The molecule has 1 aromatic carbocycles. The second-order valence-electron chi connectivity index (χ2n) is 8.21. The molecule has 0 spiro atoms. The fourth-order valence-corrected chi connectivity index (χ4v) is 5.06. The average molecular weight is 496 g/mol. The fraction of sp³-hybridized carbons (Fsp3) is 0.269. The highest BCUT2D eigenvalue weighted by Crippen LogP contribution is 2.24. The molecule has 4 rings (SSSR count). The number of hydrogen-bond acceptors (Lipinski definition) is 4. The second-order valence-corrected chi connectivity index (χ2v) is 9.96. The van der Waals surface area contributed by atoms with E-state index in [0.29, 0.717) is 30.4 Å². The van der Waals surface area contributed by atoms with E-state index in [4.69, 9.17) is 11.6 Å². The van der Waals surface area contributed by atoms with Crippen LogP contribution in [0.4, 0.5) is 0 Å². The molecule has 34 heavy (non-hydrogen) atoms. The van der Waals surface area contributed by atoms with Gasteiger partial charge in [-0.3, -0.25) is 14.4 Å². The minimum atomic E-state index is -0.455. The first-order valence-corrected chi connectivity index (χ1v) is 12.4. The van der Waals surface area contributed by atoms with Gasteiger partial charge in [-0.25, -0.2) is 0 Å². The molecule has 1 N–H and O–H groups in total. The highest BCUT2D eigenvalue weighted by Gasteiger charge is 2.35. The van der Waals surface area contributed by atoms with Crippen molar-refractivity contribution in [1.29, 1.82) is 0 Å². The maximum absolute atomic E-state index is 13.3. The largest absolute Gasteiger partial charge is 0.335 e. The highest BCUT2D eigenvalue weighted by molar-refractivity contribution is 7.17. The predicted octanol–water partition coefficient (Wildman–Crippen LogP) is 4.81. The maximum Gasteiger partial charge on any atom is 0.247 e. The number of H-pyrrole nitrogens is 1. The van der Waals surface area contributed by atoms with Gasteiger partial charge in [0.25, 0.3) is 0 Å². The number of nitrogens with zero attached hydrogens (tertiary/aromatic N) is 2. The van der Waals surface area contributed by atoms with Gasteiger partial charge in [-0.05, 0) is 47.4 Å². The summed E-state index contributed by atoms with van der Waals surface area (Å²) in [6.07, 6.45) is 6.41. The van der Waals surface area contributed by atoms with Gasteiger partial charge in [-0.2, -0.15) is 0 Å². The third-order valence-corrected chi connectivity index (χ3v) is 7.05. The van der Waals surface area contributed by atoms with Crippen molar-refractivity contribution >= 4 is 40.8 Å². The van der Waals surface area contributed by atoms with Gasteiger partial charge in [-0.15, -0.1) is 11.3 Å². The lowest BCUT2D eigenvalue weighted by Gasteiger charge is -2.40. The van der Waals surface area contributed by atoms with Crippen molar-refractivity contribution in [2.45, 2.75) is 32.4 Å². The highest BCUT2D eigenvalue weighted by atomic mass is 35.5. The fourth-order valence-electron chi connectivity index (χ4n) is 4.09. The van der Waals surface area contributed by atoms with Crippen molar-refractivity contribution in [2.75, 3.05) is 13.1 Å². The minimum Gasteiger partial charge on any atom is -0.335 e. The molecular formula is C26H26ClN3O3S. The van der Waals surface area contributed by atoms with Gasteiger partial charge in [0, 0.05) is 42.9 Å². The number of pyridine rings is 1. The van der Waals surface area contributed by atoms with E-state index in [1.807, 2.05) is 42.2 Å². The van der Waals surface area contributed by atoms with Crippen LogP contribution in [0.15, 0.2) is 65.6 Å². The van der Waals surface area contributed by atoms with Gasteiger partial charge in [0.2, 0.25) is 17.4 Å². The van der Waals surface area contributed by atoms with E-state index >= 15 is 0 Å². The first-order chi connectivity index (χ1) is 16.4. The van der Waals surface area contributed by atoms with E-state index in [2.05, 4.69) is 4.98 Å². The molecule has 0 bridgehead atoms. The van der Waals surface area contributed by atoms with Crippen LogP contribution < -0.4 is 5.56 Å². The lowest BCUT2D eigenvalue weighted by molar-refractivity contribution is -0.150. The molecule has 6 nitrogen and oxygen atoms in total. The molecule has 2 aromatic heterocycles. The summed E-state index contributed by atoms with van der Waals surface area (Å²) in [5, 5.41) is 0. The molecule has 3 aromatic rings. The summed E-state index contributed by atoms with van der Waals surface area (Å²) in [5.74, 6) is -0.167. The number of thiophene rings is 1. The number of carbonyl (C=O) groups is 2. The summed E-state index contributed by atoms with van der Waals surface area (Å²) in [7, 11) is 0. The number of carbonyl (C=O) groups excluding carboxylic acids is 2. The van der Waals surface area contributed by atoms with E-state index in [1.165, 1.54) is 23.5 Å². The number of nitrogens with one attached hydrogen (secondary N) is 1. The number of hydrogen-bond donors (Lipinski definition) is 1. The Kier molecular flexibility index (Phi) is 7.65.